The highest BCUT2D eigenvalue weighted by atomic mass is 35.5. The molecule has 31 heavy (non-hydrogen) atoms. The van der Waals surface area contributed by atoms with Gasteiger partial charge in [0.2, 0.25) is 10.0 Å². The summed E-state index contributed by atoms with van der Waals surface area (Å²) in [4.78, 5) is 12.8. The van der Waals surface area contributed by atoms with Gasteiger partial charge in [-0.15, -0.1) is 0 Å². The van der Waals surface area contributed by atoms with E-state index < -0.39 is 15.9 Å². The molecule has 0 bridgehead atoms. The fraction of sp³-hybridized carbons (Fsp3) is 0.350. The van der Waals surface area contributed by atoms with E-state index in [1.165, 1.54) is 56.0 Å². The first-order valence-corrected chi connectivity index (χ1v) is 11.1. The number of carbonyl (C=O) groups excluding carboxylic acids is 1. The van der Waals surface area contributed by atoms with Gasteiger partial charge in [0.25, 0.3) is 5.91 Å². The standard InChI is InChI=1S/C20H23ClN2O7S/c1-27-16-5-4-13(10-19(16)31(25,26)23-6-8-30-9-7-23)20(24)22-15-12-17(28-2)14(21)11-18(15)29-3/h4-5,10-12H,6-9H2,1-3H3,(H,22,24). The molecule has 1 aliphatic rings. The lowest BCUT2D eigenvalue weighted by Crippen LogP contribution is -2.40. The van der Waals surface area contributed by atoms with Gasteiger partial charge in [-0.25, -0.2) is 8.42 Å². The number of methoxy groups -OCH3 is 3. The molecule has 9 nitrogen and oxygen atoms in total. The van der Waals surface area contributed by atoms with E-state index in [9.17, 15) is 13.2 Å². The van der Waals surface area contributed by atoms with Gasteiger partial charge < -0.3 is 24.3 Å². The Bertz CT molecular complexity index is 1070. The van der Waals surface area contributed by atoms with Crippen molar-refractivity contribution >= 4 is 33.2 Å². The summed E-state index contributed by atoms with van der Waals surface area (Å²) in [5.41, 5.74) is 0.450. The Kier molecular flexibility index (Phi) is 7.26. The minimum Gasteiger partial charge on any atom is -0.495 e. The lowest BCUT2D eigenvalue weighted by atomic mass is 10.2. The maximum Gasteiger partial charge on any atom is 0.255 e. The van der Waals surface area contributed by atoms with Crippen LogP contribution in [0.1, 0.15) is 10.4 Å². The number of anilines is 1. The molecule has 1 saturated heterocycles. The minimum absolute atomic E-state index is 0.0924. The summed E-state index contributed by atoms with van der Waals surface area (Å²) in [5, 5.41) is 3.02. The lowest BCUT2D eigenvalue weighted by molar-refractivity contribution is 0.0729. The molecule has 1 amide bonds. The van der Waals surface area contributed by atoms with Crippen LogP contribution < -0.4 is 19.5 Å². The summed E-state index contributed by atoms with van der Waals surface area (Å²) >= 11 is 6.10. The number of hydrogen-bond donors (Lipinski definition) is 1. The highest BCUT2D eigenvalue weighted by Crippen LogP contribution is 2.36. The van der Waals surface area contributed by atoms with Crippen LogP contribution in [0.4, 0.5) is 5.69 Å². The van der Waals surface area contributed by atoms with Crippen LogP contribution in [0.25, 0.3) is 0 Å². The molecule has 2 aromatic rings. The third-order valence-electron chi connectivity index (χ3n) is 4.74. The number of carbonyl (C=O) groups is 1. The Morgan fingerprint density at radius 3 is 2.26 bits per heavy atom. The Labute approximate surface area is 185 Å². The van der Waals surface area contributed by atoms with Gasteiger partial charge in [-0.1, -0.05) is 11.6 Å². The number of nitrogens with zero attached hydrogens (tertiary/aromatic N) is 1. The molecule has 1 aliphatic heterocycles. The molecular formula is C20H23ClN2O7S. The third-order valence-corrected chi connectivity index (χ3v) is 6.95. The van der Waals surface area contributed by atoms with Crippen LogP contribution >= 0.6 is 11.6 Å². The SMILES string of the molecule is COc1cc(NC(=O)c2ccc(OC)c(S(=O)(=O)N3CCOCC3)c2)c(OC)cc1Cl. The van der Waals surface area contributed by atoms with Crippen LogP contribution in [0.3, 0.4) is 0 Å². The van der Waals surface area contributed by atoms with Crippen molar-refractivity contribution in [1.29, 1.82) is 0 Å². The van der Waals surface area contributed by atoms with Gasteiger partial charge in [0.1, 0.15) is 22.1 Å². The van der Waals surface area contributed by atoms with Gasteiger partial charge in [-0.3, -0.25) is 4.79 Å². The summed E-state index contributed by atoms with van der Waals surface area (Å²) in [5.74, 6) is 0.287. The fourth-order valence-electron chi connectivity index (χ4n) is 3.10. The first-order valence-electron chi connectivity index (χ1n) is 9.30. The van der Waals surface area contributed by atoms with Crippen LogP contribution in [0.15, 0.2) is 35.2 Å². The summed E-state index contributed by atoms with van der Waals surface area (Å²) in [6, 6.07) is 7.25. The number of nitrogens with one attached hydrogen (secondary N) is 1. The normalized spacial score (nSPS) is 14.7. The van der Waals surface area contributed by atoms with E-state index in [-0.39, 0.29) is 29.3 Å². The molecule has 1 fully saturated rings. The maximum atomic E-state index is 13.1. The Morgan fingerprint density at radius 1 is 1.00 bits per heavy atom. The maximum absolute atomic E-state index is 13.1. The van der Waals surface area contributed by atoms with Gasteiger partial charge in [0.15, 0.2) is 0 Å². The molecule has 11 heteroatoms. The zero-order chi connectivity index (χ0) is 22.6. The molecule has 0 unspecified atom stereocenters. The zero-order valence-electron chi connectivity index (χ0n) is 17.3. The van der Waals surface area contributed by atoms with Crippen molar-refractivity contribution in [2.45, 2.75) is 4.90 Å². The van der Waals surface area contributed by atoms with Crippen LogP contribution in [0.2, 0.25) is 5.02 Å². The summed E-state index contributed by atoms with van der Waals surface area (Å²) in [6.45, 7) is 1.06. The number of benzene rings is 2. The molecule has 1 N–H and O–H groups in total. The van der Waals surface area contributed by atoms with E-state index in [2.05, 4.69) is 5.32 Å². The Balaban J connectivity index is 1.95. The lowest BCUT2D eigenvalue weighted by Gasteiger charge is -2.26. The van der Waals surface area contributed by atoms with Crippen LogP contribution in [-0.4, -0.2) is 66.3 Å². The molecular weight excluding hydrogens is 448 g/mol. The second-order valence-electron chi connectivity index (χ2n) is 6.52. The number of amides is 1. The van der Waals surface area contributed by atoms with Crippen LogP contribution in [0, 0.1) is 0 Å². The third kappa shape index (κ3) is 4.87. The van der Waals surface area contributed by atoms with Crippen molar-refractivity contribution in [2.24, 2.45) is 0 Å². The first-order chi connectivity index (χ1) is 14.8. The van der Waals surface area contributed by atoms with Crippen LogP contribution in [0.5, 0.6) is 17.2 Å². The average molecular weight is 471 g/mol. The summed E-state index contributed by atoms with van der Waals surface area (Å²) in [6.07, 6.45) is 0. The largest absolute Gasteiger partial charge is 0.495 e. The Hall–Kier alpha value is -2.53. The predicted molar refractivity (Wildman–Crippen MR) is 115 cm³/mol. The summed E-state index contributed by atoms with van der Waals surface area (Å²) in [7, 11) is 0.385. The van der Waals surface area contributed by atoms with Gasteiger partial charge in [0.05, 0.1) is 45.3 Å². The first kappa shape index (κ1) is 23.1. The fourth-order valence-corrected chi connectivity index (χ4v) is 4.92. The molecule has 0 radical (unpaired) electrons. The number of halogens is 1. The molecule has 2 aromatic carbocycles. The molecule has 3 rings (SSSR count). The van der Waals surface area contributed by atoms with Gasteiger partial charge in [-0.2, -0.15) is 4.31 Å². The van der Waals surface area contributed by atoms with Crippen LogP contribution in [-0.2, 0) is 14.8 Å². The number of hydrogen-bond acceptors (Lipinski definition) is 7. The minimum atomic E-state index is -3.88. The summed E-state index contributed by atoms with van der Waals surface area (Å²) < 4.78 is 48.5. The number of morpholine rings is 1. The number of ether oxygens (including phenoxy) is 4. The van der Waals surface area contributed by atoms with Crippen molar-refractivity contribution < 1.29 is 32.2 Å². The highest BCUT2D eigenvalue weighted by molar-refractivity contribution is 7.89. The van der Waals surface area contributed by atoms with E-state index in [4.69, 9.17) is 30.5 Å². The molecule has 0 atom stereocenters. The van der Waals surface area contributed by atoms with Gasteiger partial charge in [-0.05, 0) is 18.2 Å². The van der Waals surface area contributed by atoms with E-state index in [0.29, 0.717) is 35.4 Å². The van der Waals surface area contributed by atoms with E-state index in [1.807, 2.05) is 0 Å². The predicted octanol–water partition coefficient (Wildman–Crippen LogP) is 2.64. The van der Waals surface area contributed by atoms with E-state index in [0.717, 1.165) is 0 Å². The quantitative estimate of drug-likeness (QED) is 0.663. The molecule has 1 heterocycles. The number of rotatable bonds is 7. The van der Waals surface area contributed by atoms with Crippen molar-refractivity contribution in [2.75, 3.05) is 52.9 Å². The monoisotopic (exact) mass is 470 g/mol. The van der Waals surface area contributed by atoms with Crippen molar-refractivity contribution in [1.82, 2.24) is 4.31 Å². The molecule has 0 aliphatic carbocycles. The second-order valence-corrected chi connectivity index (χ2v) is 8.84. The van der Waals surface area contributed by atoms with Gasteiger partial charge in [0, 0.05) is 30.8 Å². The van der Waals surface area contributed by atoms with Gasteiger partial charge >= 0.3 is 0 Å². The second kappa shape index (κ2) is 9.73. The molecule has 168 valence electrons. The van der Waals surface area contributed by atoms with E-state index >= 15 is 0 Å². The molecule has 0 saturated carbocycles. The Morgan fingerprint density at radius 2 is 1.65 bits per heavy atom. The molecule has 0 spiro atoms. The zero-order valence-corrected chi connectivity index (χ0v) is 18.9. The molecule has 0 aromatic heterocycles. The van der Waals surface area contributed by atoms with E-state index in [1.54, 1.807) is 0 Å². The average Bonchev–Trinajstić information content (AvgIpc) is 2.79. The number of sulfonamides is 1. The topological polar surface area (TPSA) is 103 Å². The van der Waals surface area contributed by atoms with Crippen molar-refractivity contribution in [3.05, 3.63) is 40.9 Å². The van der Waals surface area contributed by atoms with Crippen molar-refractivity contribution in [3.63, 3.8) is 0 Å². The highest BCUT2D eigenvalue weighted by Gasteiger charge is 2.30. The smallest absolute Gasteiger partial charge is 0.255 e. The van der Waals surface area contributed by atoms with Crippen molar-refractivity contribution in [3.8, 4) is 17.2 Å².